The normalized spacial score (nSPS) is 14.5. The number of benzene rings is 1. The third kappa shape index (κ3) is 5.11. The molecule has 1 aromatic carbocycles. The molecule has 1 saturated carbocycles. The van der Waals surface area contributed by atoms with Gasteiger partial charge in [0.05, 0.1) is 0 Å². The lowest BCUT2D eigenvalue weighted by Crippen LogP contribution is -2.29. The molecule has 8 heteroatoms. The molecule has 1 heterocycles. The third-order valence-electron chi connectivity index (χ3n) is 4.57. The largest absolute Gasteiger partial charge is 0.362 e. The molecule has 0 saturated heterocycles. The van der Waals surface area contributed by atoms with Crippen LogP contribution in [0, 0.1) is 0 Å². The van der Waals surface area contributed by atoms with Crippen molar-refractivity contribution in [1.82, 2.24) is 20.1 Å². The Morgan fingerprint density at radius 3 is 2.69 bits per heavy atom. The van der Waals surface area contributed by atoms with Crippen molar-refractivity contribution in [2.24, 2.45) is 0 Å². The maximum Gasteiger partial charge on any atom is 0.191 e. The third-order valence-corrected chi connectivity index (χ3v) is 5.71. The molecule has 1 fully saturated rings. The zero-order valence-corrected chi connectivity index (χ0v) is 17.3. The van der Waals surface area contributed by atoms with Gasteiger partial charge in [0.1, 0.15) is 5.82 Å². The summed E-state index contributed by atoms with van der Waals surface area (Å²) < 4.78 is 2.36. The fourth-order valence-corrected chi connectivity index (χ4v) is 4.22. The Labute approximate surface area is 169 Å². The Morgan fingerprint density at radius 1 is 1.27 bits per heavy atom. The summed E-state index contributed by atoms with van der Waals surface area (Å²) in [6.07, 6.45) is 9.03. The van der Waals surface area contributed by atoms with E-state index in [1.165, 1.54) is 25.7 Å². The van der Waals surface area contributed by atoms with Crippen LogP contribution in [0.5, 0.6) is 0 Å². The van der Waals surface area contributed by atoms with Crippen molar-refractivity contribution in [2.45, 2.75) is 49.7 Å². The highest BCUT2D eigenvalue weighted by atomic mass is 35.5. The second-order valence-corrected chi connectivity index (χ2v) is 8.02. The second kappa shape index (κ2) is 9.58. The number of aryl methyl sites for hydroxylation is 1. The van der Waals surface area contributed by atoms with E-state index in [1.807, 2.05) is 24.3 Å². The molecule has 3 rings (SSSR count). The molecular weight excluding hydrogens is 386 g/mol. The van der Waals surface area contributed by atoms with Crippen molar-refractivity contribution in [3.8, 4) is 0 Å². The number of nitrogens with one attached hydrogen (secondary N) is 2. The van der Waals surface area contributed by atoms with Gasteiger partial charge in [-0.15, -0.1) is 10.2 Å². The zero-order valence-electron chi connectivity index (χ0n) is 14.9. The monoisotopic (exact) mass is 409 g/mol. The number of halogens is 1. The van der Waals surface area contributed by atoms with E-state index in [9.17, 15) is 0 Å². The minimum atomic E-state index is 0.572. The van der Waals surface area contributed by atoms with Crippen LogP contribution in [0.25, 0.3) is 0 Å². The number of nitrogens with zero attached hydrogens (tertiary/aromatic N) is 3. The van der Waals surface area contributed by atoms with Crippen molar-refractivity contribution in [3.63, 3.8) is 0 Å². The number of thioether (sulfide) groups is 1. The van der Waals surface area contributed by atoms with E-state index in [0.717, 1.165) is 36.1 Å². The summed E-state index contributed by atoms with van der Waals surface area (Å²) in [4.78, 5) is 0. The Kier molecular flexibility index (Phi) is 7.16. The topological polar surface area (TPSA) is 54.8 Å². The molecule has 0 atom stereocenters. The SMILES string of the molecule is CSc1nnc(CCCNC(=S)Nc2ccc(Cl)cc2)n1C1CCCC1. The molecule has 0 radical (unpaired) electrons. The van der Waals surface area contributed by atoms with Crippen molar-refractivity contribution in [2.75, 3.05) is 18.1 Å². The van der Waals surface area contributed by atoms with Gasteiger partial charge < -0.3 is 15.2 Å². The molecule has 26 heavy (non-hydrogen) atoms. The van der Waals surface area contributed by atoms with Crippen LogP contribution in [0.2, 0.25) is 5.02 Å². The molecule has 140 valence electrons. The van der Waals surface area contributed by atoms with Gasteiger partial charge in [-0.2, -0.15) is 0 Å². The van der Waals surface area contributed by atoms with Crippen LogP contribution >= 0.6 is 35.6 Å². The summed E-state index contributed by atoms with van der Waals surface area (Å²) in [7, 11) is 0. The van der Waals surface area contributed by atoms with Crippen LogP contribution < -0.4 is 10.6 Å². The summed E-state index contributed by atoms with van der Waals surface area (Å²) in [5.41, 5.74) is 0.928. The standard InChI is InChI=1S/C18H24ClN5S2/c1-26-18-23-22-16(24(18)15-5-2-3-6-15)7-4-12-20-17(25)21-14-10-8-13(19)9-11-14/h8-11,15H,2-7,12H2,1H3,(H2,20,21,25). The quantitative estimate of drug-likeness (QED) is 0.393. The summed E-state index contributed by atoms with van der Waals surface area (Å²) in [6.45, 7) is 0.797. The number of thiocarbonyl (C=S) groups is 1. The fourth-order valence-electron chi connectivity index (χ4n) is 3.30. The Balaban J connectivity index is 1.47. The fraction of sp³-hybridized carbons (Fsp3) is 0.500. The molecule has 5 nitrogen and oxygen atoms in total. The van der Waals surface area contributed by atoms with Gasteiger partial charge in [-0.25, -0.2) is 0 Å². The highest BCUT2D eigenvalue weighted by Gasteiger charge is 2.23. The molecule has 1 aliphatic carbocycles. The average molecular weight is 410 g/mol. The first-order valence-corrected chi connectivity index (χ1v) is 11.0. The molecule has 0 aliphatic heterocycles. The van der Waals surface area contributed by atoms with Crippen molar-refractivity contribution >= 4 is 46.4 Å². The van der Waals surface area contributed by atoms with Gasteiger partial charge in [0.25, 0.3) is 0 Å². The Hall–Kier alpha value is -1.31. The molecule has 1 aliphatic rings. The summed E-state index contributed by atoms with van der Waals surface area (Å²) in [6, 6.07) is 8.06. The highest BCUT2D eigenvalue weighted by Crippen LogP contribution is 2.33. The smallest absolute Gasteiger partial charge is 0.191 e. The number of rotatable bonds is 7. The number of hydrogen-bond acceptors (Lipinski definition) is 4. The maximum absolute atomic E-state index is 5.89. The lowest BCUT2D eigenvalue weighted by Gasteiger charge is -2.16. The first-order chi connectivity index (χ1) is 12.7. The molecule has 0 amide bonds. The van der Waals surface area contributed by atoms with E-state index >= 15 is 0 Å². The van der Waals surface area contributed by atoms with E-state index in [2.05, 4.69) is 31.7 Å². The summed E-state index contributed by atoms with van der Waals surface area (Å²) in [5, 5.41) is 17.6. The van der Waals surface area contributed by atoms with E-state index in [4.69, 9.17) is 23.8 Å². The van der Waals surface area contributed by atoms with Gasteiger partial charge in [-0.05, 0) is 62.0 Å². The van der Waals surface area contributed by atoms with Crippen LogP contribution in [0.15, 0.2) is 29.4 Å². The predicted octanol–water partition coefficient (Wildman–Crippen LogP) is 4.69. The van der Waals surface area contributed by atoms with E-state index < -0.39 is 0 Å². The first kappa shape index (κ1) is 19.5. The van der Waals surface area contributed by atoms with Crippen LogP contribution in [0.1, 0.15) is 44.0 Å². The van der Waals surface area contributed by atoms with Gasteiger partial charge >= 0.3 is 0 Å². The zero-order chi connectivity index (χ0) is 18.4. The average Bonchev–Trinajstić information content (AvgIpc) is 3.29. The van der Waals surface area contributed by atoms with Crippen molar-refractivity contribution < 1.29 is 0 Å². The summed E-state index contributed by atoms with van der Waals surface area (Å²) in [5.74, 6) is 1.10. The number of aromatic nitrogens is 3. The van der Waals surface area contributed by atoms with E-state index in [0.29, 0.717) is 16.2 Å². The number of hydrogen-bond donors (Lipinski definition) is 2. The Bertz CT molecular complexity index is 726. The van der Waals surface area contributed by atoms with Gasteiger partial charge in [-0.1, -0.05) is 36.2 Å². The highest BCUT2D eigenvalue weighted by molar-refractivity contribution is 7.98. The lowest BCUT2D eigenvalue weighted by molar-refractivity contribution is 0.460. The molecule has 0 spiro atoms. The molecular formula is C18H24ClN5S2. The van der Waals surface area contributed by atoms with Crippen LogP contribution in [-0.4, -0.2) is 32.7 Å². The van der Waals surface area contributed by atoms with Crippen LogP contribution in [0.3, 0.4) is 0 Å². The molecule has 0 bridgehead atoms. The minimum Gasteiger partial charge on any atom is -0.362 e. The molecule has 2 aromatic rings. The number of anilines is 1. The molecule has 0 unspecified atom stereocenters. The predicted molar refractivity (Wildman–Crippen MR) is 113 cm³/mol. The Morgan fingerprint density at radius 2 is 2.00 bits per heavy atom. The van der Waals surface area contributed by atoms with E-state index in [1.54, 1.807) is 11.8 Å². The van der Waals surface area contributed by atoms with Gasteiger partial charge in [0, 0.05) is 29.7 Å². The first-order valence-electron chi connectivity index (χ1n) is 8.95. The van der Waals surface area contributed by atoms with Gasteiger partial charge in [0.15, 0.2) is 10.3 Å². The summed E-state index contributed by atoms with van der Waals surface area (Å²) >= 11 is 12.9. The van der Waals surface area contributed by atoms with Crippen LogP contribution in [-0.2, 0) is 6.42 Å². The molecule has 1 aromatic heterocycles. The van der Waals surface area contributed by atoms with Crippen molar-refractivity contribution in [3.05, 3.63) is 35.1 Å². The maximum atomic E-state index is 5.89. The van der Waals surface area contributed by atoms with Gasteiger partial charge in [-0.3, -0.25) is 0 Å². The second-order valence-electron chi connectivity index (χ2n) is 6.40. The van der Waals surface area contributed by atoms with Gasteiger partial charge in [0.2, 0.25) is 0 Å². The molecule has 2 N–H and O–H groups in total. The van der Waals surface area contributed by atoms with Crippen LogP contribution in [0.4, 0.5) is 5.69 Å². The van der Waals surface area contributed by atoms with E-state index in [-0.39, 0.29) is 0 Å². The lowest BCUT2D eigenvalue weighted by atomic mass is 10.2. The minimum absolute atomic E-state index is 0.572. The van der Waals surface area contributed by atoms with Crippen molar-refractivity contribution in [1.29, 1.82) is 0 Å².